The van der Waals surface area contributed by atoms with Crippen LogP contribution in [0, 0.1) is 5.82 Å². The molecule has 0 bridgehead atoms. The summed E-state index contributed by atoms with van der Waals surface area (Å²) in [5.41, 5.74) is 0.316. The molecule has 1 unspecified atom stereocenters. The van der Waals surface area contributed by atoms with Crippen LogP contribution in [0.2, 0.25) is 0 Å². The van der Waals surface area contributed by atoms with Gasteiger partial charge in [0.2, 0.25) is 0 Å². The number of carbonyl (C=O) groups excluding carboxylic acids is 2. The Balaban J connectivity index is 2.04. The minimum atomic E-state index is -1.19. The lowest BCUT2D eigenvalue weighted by molar-refractivity contribution is -0.132. The third-order valence-corrected chi connectivity index (χ3v) is 5.34. The van der Waals surface area contributed by atoms with E-state index in [0.29, 0.717) is 5.69 Å². The third-order valence-electron chi connectivity index (χ3n) is 5.34. The van der Waals surface area contributed by atoms with E-state index in [4.69, 9.17) is 9.47 Å². The molecule has 3 aromatic rings. The Bertz CT molecular complexity index is 1200. The van der Waals surface area contributed by atoms with Gasteiger partial charge >= 0.3 is 0 Å². The van der Waals surface area contributed by atoms with Crippen molar-refractivity contribution in [2.45, 2.75) is 6.04 Å². The van der Waals surface area contributed by atoms with Crippen molar-refractivity contribution in [3.8, 4) is 11.5 Å². The van der Waals surface area contributed by atoms with Crippen LogP contribution in [0.5, 0.6) is 11.5 Å². The van der Waals surface area contributed by atoms with Gasteiger partial charge in [0, 0.05) is 11.3 Å². The van der Waals surface area contributed by atoms with Crippen molar-refractivity contribution in [1.29, 1.82) is 0 Å². The third kappa shape index (κ3) is 3.37. The molecule has 0 radical (unpaired) electrons. The lowest BCUT2D eigenvalue weighted by atomic mass is 9.94. The predicted octanol–water partition coefficient (Wildman–Crippen LogP) is 4.47. The molecule has 162 valence electrons. The number of aliphatic hydroxyl groups excluding tert-OH is 1. The Morgan fingerprint density at radius 1 is 0.875 bits per heavy atom. The van der Waals surface area contributed by atoms with Gasteiger partial charge < -0.3 is 14.6 Å². The summed E-state index contributed by atoms with van der Waals surface area (Å²) in [6, 6.07) is 17.9. The number of para-hydroxylation sites is 1. The van der Waals surface area contributed by atoms with E-state index in [2.05, 4.69) is 0 Å². The summed E-state index contributed by atoms with van der Waals surface area (Å²) in [5, 5.41) is 11.3. The molecule has 1 fully saturated rings. The molecule has 6 nitrogen and oxygen atoms in total. The number of aliphatic hydroxyl groups is 1. The molecule has 1 saturated heterocycles. The zero-order valence-corrected chi connectivity index (χ0v) is 17.4. The van der Waals surface area contributed by atoms with E-state index in [1.165, 1.54) is 37.3 Å². The van der Waals surface area contributed by atoms with Gasteiger partial charge in [-0.05, 0) is 30.3 Å². The van der Waals surface area contributed by atoms with Crippen molar-refractivity contribution in [2.24, 2.45) is 0 Å². The molecule has 0 saturated carbocycles. The topological polar surface area (TPSA) is 76.1 Å². The van der Waals surface area contributed by atoms with Crippen LogP contribution in [0.1, 0.15) is 17.2 Å². The van der Waals surface area contributed by atoms with Crippen molar-refractivity contribution in [1.82, 2.24) is 0 Å². The fourth-order valence-electron chi connectivity index (χ4n) is 3.90. The fraction of sp³-hybridized carbons (Fsp3) is 0.120. The first-order chi connectivity index (χ1) is 15.5. The monoisotopic (exact) mass is 433 g/mol. The first-order valence-corrected chi connectivity index (χ1v) is 9.81. The van der Waals surface area contributed by atoms with E-state index in [0.717, 1.165) is 0 Å². The van der Waals surface area contributed by atoms with Gasteiger partial charge in [0.15, 0.2) is 0 Å². The van der Waals surface area contributed by atoms with Crippen LogP contribution < -0.4 is 14.4 Å². The predicted molar refractivity (Wildman–Crippen MR) is 117 cm³/mol. The largest absolute Gasteiger partial charge is 0.506 e. The summed E-state index contributed by atoms with van der Waals surface area (Å²) in [4.78, 5) is 27.5. The molecular formula is C25H20FNO5. The molecule has 1 heterocycles. The fourth-order valence-corrected chi connectivity index (χ4v) is 3.90. The normalized spacial score (nSPS) is 17.5. The number of nitrogens with zero attached hydrogens (tertiary/aromatic N) is 1. The lowest BCUT2D eigenvalue weighted by Gasteiger charge is -2.26. The quantitative estimate of drug-likeness (QED) is 0.365. The van der Waals surface area contributed by atoms with Crippen molar-refractivity contribution in [3.05, 3.63) is 95.3 Å². The second kappa shape index (κ2) is 8.55. The molecule has 1 atom stereocenters. The van der Waals surface area contributed by atoms with Crippen molar-refractivity contribution >= 4 is 23.1 Å². The average molecular weight is 433 g/mol. The van der Waals surface area contributed by atoms with Crippen molar-refractivity contribution < 1.29 is 28.6 Å². The molecule has 0 spiro atoms. The molecule has 1 aliphatic rings. The highest BCUT2D eigenvalue weighted by Gasteiger charge is 2.48. The Hall–Kier alpha value is -4.13. The smallest absolute Gasteiger partial charge is 0.300 e. The SMILES string of the molecule is COc1cccc(OC)c1/C(O)=C1\C(=O)C(=O)N(c2ccccc2)C1c1ccccc1F. The summed E-state index contributed by atoms with van der Waals surface area (Å²) in [6.07, 6.45) is 0. The van der Waals surface area contributed by atoms with Gasteiger partial charge in [-0.3, -0.25) is 14.5 Å². The van der Waals surface area contributed by atoms with E-state index in [1.807, 2.05) is 0 Å². The molecule has 1 amide bonds. The van der Waals surface area contributed by atoms with E-state index < -0.39 is 29.3 Å². The Kier molecular flexibility index (Phi) is 5.64. The number of ketones is 1. The molecule has 4 rings (SSSR count). The van der Waals surface area contributed by atoms with Gasteiger partial charge in [-0.2, -0.15) is 0 Å². The van der Waals surface area contributed by atoms with Crippen LogP contribution in [-0.2, 0) is 9.59 Å². The summed E-state index contributed by atoms with van der Waals surface area (Å²) >= 11 is 0. The van der Waals surface area contributed by atoms with E-state index >= 15 is 0 Å². The van der Waals surface area contributed by atoms with Crippen LogP contribution in [0.15, 0.2) is 78.4 Å². The zero-order valence-electron chi connectivity index (χ0n) is 17.4. The molecule has 0 aliphatic carbocycles. The highest BCUT2D eigenvalue weighted by molar-refractivity contribution is 6.51. The Morgan fingerprint density at radius 2 is 1.47 bits per heavy atom. The zero-order chi connectivity index (χ0) is 22.8. The molecule has 0 aromatic heterocycles. The second-order valence-corrected chi connectivity index (χ2v) is 7.06. The van der Waals surface area contributed by atoms with Crippen LogP contribution in [-0.4, -0.2) is 31.0 Å². The average Bonchev–Trinajstić information content (AvgIpc) is 3.09. The molecule has 7 heteroatoms. The Labute approximate surface area is 184 Å². The lowest BCUT2D eigenvalue weighted by Crippen LogP contribution is -2.29. The van der Waals surface area contributed by atoms with Crippen LogP contribution in [0.4, 0.5) is 10.1 Å². The maximum Gasteiger partial charge on any atom is 0.300 e. The Morgan fingerprint density at radius 3 is 2.06 bits per heavy atom. The maximum atomic E-state index is 14.9. The molecular weight excluding hydrogens is 413 g/mol. The van der Waals surface area contributed by atoms with Gasteiger partial charge in [0.25, 0.3) is 11.7 Å². The molecule has 1 N–H and O–H groups in total. The number of ether oxygens (including phenoxy) is 2. The first-order valence-electron chi connectivity index (χ1n) is 9.81. The number of methoxy groups -OCH3 is 2. The number of hydrogen-bond donors (Lipinski definition) is 1. The molecule has 3 aromatic carbocycles. The van der Waals surface area contributed by atoms with Gasteiger partial charge in [-0.1, -0.05) is 42.5 Å². The molecule has 1 aliphatic heterocycles. The van der Waals surface area contributed by atoms with Gasteiger partial charge in [0.1, 0.15) is 28.6 Å². The number of Topliss-reactive ketones (excluding diaryl/α,β-unsaturated/α-hetero) is 1. The standard InChI is InChI=1S/C25H20FNO5/c1-31-18-13-8-14-19(32-2)20(18)23(28)21-22(16-11-6-7-12-17(16)26)27(25(30)24(21)29)15-9-4-3-5-10-15/h3-14,22,28H,1-2H3/b23-21+. The van der Waals surface area contributed by atoms with E-state index in [-0.39, 0.29) is 28.2 Å². The number of rotatable bonds is 5. The van der Waals surface area contributed by atoms with Crippen LogP contribution in [0.3, 0.4) is 0 Å². The van der Waals surface area contributed by atoms with E-state index in [9.17, 15) is 19.1 Å². The first kappa shape index (κ1) is 21.1. The van der Waals surface area contributed by atoms with Gasteiger partial charge in [-0.25, -0.2) is 4.39 Å². The van der Waals surface area contributed by atoms with E-state index in [1.54, 1.807) is 54.6 Å². The highest BCUT2D eigenvalue weighted by atomic mass is 19.1. The van der Waals surface area contributed by atoms with Crippen molar-refractivity contribution in [2.75, 3.05) is 19.1 Å². The minimum absolute atomic E-state index is 0.0750. The second-order valence-electron chi connectivity index (χ2n) is 7.06. The highest BCUT2D eigenvalue weighted by Crippen LogP contribution is 2.45. The maximum absolute atomic E-state index is 14.9. The number of carbonyl (C=O) groups is 2. The number of anilines is 1. The van der Waals surface area contributed by atoms with Crippen molar-refractivity contribution in [3.63, 3.8) is 0 Å². The van der Waals surface area contributed by atoms with Crippen LogP contribution in [0.25, 0.3) is 5.76 Å². The van der Waals surface area contributed by atoms with Crippen LogP contribution >= 0.6 is 0 Å². The number of halogens is 1. The minimum Gasteiger partial charge on any atom is -0.506 e. The summed E-state index contributed by atoms with van der Waals surface area (Å²) in [7, 11) is 2.81. The summed E-state index contributed by atoms with van der Waals surface area (Å²) < 4.78 is 25.6. The number of benzene rings is 3. The van der Waals surface area contributed by atoms with Gasteiger partial charge in [-0.15, -0.1) is 0 Å². The molecule has 32 heavy (non-hydrogen) atoms. The summed E-state index contributed by atoms with van der Waals surface area (Å²) in [5.74, 6) is -2.46. The van der Waals surface area contributed by atoms with Gasteiger partial charge in [0.05, 0.1) is 25.8 Å². The number of amides is 1. The summed E-state index contributed by atoms with van der Waals surface area (Å²) in [6.45, 7) is 0. The number of hydrogen-bond acceptors (Lipinski definition) is 5.